The van der Waals surface area contributed by atoms with Gasteiger partial charge < -0.3 is 10.4 Å². The smallest absolute Gasteiger partial charge is 0.255 e. The Hall–Kier alpha value is -2.92. The fourth-order valence-electron chi connectivity index (χ4n) is 2.72. The van der Waals surface area contributed by atoms with E-state index in [0.29, 0.717) is 17.8 Å². The second kappa shape index (κ2) is 7.32. The molecule has 0 spiro atoms. The molecule has 5 heteroatoms. The summed E-state index contributed by atoms with van der Waals surface area (Å²) in [6.45, 7) is 4.63. The van der Waals surface area contributed by atoms with E-state index in [9.17, 15) is 4.79 Å². The van der Waals surface area contributed by atoms with Crippen molar-refractivity contribution in [3.63, 3.8) is 0 Å². The Bertz CT molecular complexity index is 882. The first-order valence-corrected chi connectivity index (χ1v) is 8.16. The van der Waals surface area contributed by atoms with Gasteiger partial charge in [0.15, 0.2) is 0 Å². The number of rotatable bonds is 5. The van der Waals surface area contributed by atoms with Gasteiger partial charge in [-0.1, -0.05) is 24.3 Å². The van der Waals surface area contributed by atoms with E-state index in [1.54, 1.807) is 18.2 Å². The predicted molar refractivity (Wildman–Crippen MR) is 97.6 cm³/mol. The number of nitrogens with one attached hydrogen (secondary N) is 1. The van der Waals surface area contributed by atoms with Crippen LogP contribution in [0, 0.1) is 13.8 Å². The van der Waals surface area contributed by atoms with Crippen LogP contribution in [0.25, 0.3) is 0 Å². The molecule has 0 saturated carbocycles. The van der Waals surface area contributed by atoms with Gasteiger partial charge in [-0.15, -0.1) is 0 Å². The van der Waals surface area contributed by atoms with E-state index >= 15 is 0 Å². The molecule has 0 fully saturated rings. The molecule has 3 rings (SSSR count). The highest BCUT2D eigenvalue weighted by molar-refractivity contribution is 6.04. The Balaban J connectivity index is 1.68. The van der Waals surface area contributed by atoms with Crippen LogP contribution in [0.4, 0.5) is 5.69 Å². The van der Waals surface area contributed by atoms with Crippen LogP contribution in [0.5, 0.6) is 0 Å². The number of carbonyl (C=O) groups excluding carboxylic acids is 1. The second-order valence-electron chi connectivity index (χ2n) is 6.09. The Morgan fingerprint density at radius 1 is 1.08 bits per heavy atom. The lowest BCUT2D eigenvalue weighted by molar-refractivity contribution is 0.102. The van der Waals surface area contributed by atoms with Gasteiger partial charge >= 0.3 is 0 Å². The lowest BCUT2D eigenvalue weighted by Gasteiger charge is -2.08. The van der Waals surface area contributed by atoms with Gasteiger partial charge in [0, 0.05) is 16.9 Å². The predicted octanol–water partition coefficient (Wildman–Crippen LogP) is 3.29. The molecule has 25 heavy (non-hydrogen) atoms. The van der Waals surface area contributed by atoms with Gasteiger partial charge in [-0.25, -0.2) is 0 Å². The Kier molecular flexibility index (Phi) is 4.95. The van der Waals surface area contributed by atoms with E-state index in [4.69, 9.17) is 5.11 Å². The molecule has 2 N–H and O–H groups in total. The lowest BCUT2D eigenvalue weighted by Crippen LogP contribution is -2.12. The summed E-state index contributed by atoms with van der Waals surface area (Å²) in [6, 6.07) is 16.7. The number of aryl methyl sites for hydroxylation is 2. The topological polar surface area (TPSA) is 67.2 Å². The van der Waals surface area contributed by atoms with Crippen LogP contribution < -0.4 is 5.32 Å². The van der Waals surface area contributed by atoms with Gasteiger partial charge in [-0.05, 0) is 55.3 Å². The van der Waals surface area contributed by atoms with Crippen LogP contribution in [0.3, 0.4) is 0 Å². The molecule has 5 nitrogen and oxygen atoms in total. The first-order valence-electron chi connectivity index (χ1n) is 8.16. The number of aliphatic hydroxyl groups is 1. The van der Waals surface area contributed by atoms with Gasteiger partial charge in [-0.3, -0.25) is 9.48 Å². The summed E-state index contributed by atoms with van der Waals surface area (Å²) in [6.07, 6.45) is 0. The number of aromatic nitrogens is 2. The zero-order valence-electron chi connectivity index (χ0n) is 14.4. The fourth-order valence-corrected chi connectivity index (χ4v) is 2.72. The van der Waals surface area contributed by atoms with Crippen molar-refractivity contribution < 1.29 is 9.90 Å². The van der Waals surface area contributed by atoms with Gasteiger partial charge in [0.25, 0.3) is 5.91 Å². The van der Waals surface area contributed by atoms with Crippen molar-refractivity contribution in [3.05, 3.63) is 82.7 Å². The van der Waals surface area contributed by atoms with Crippen molar-refractivity contribution >= 4 is 11.6 Å². The standard InChI is InChI=1S/C20H21N3O2/c1-14-10-15(2)23(22-14)12-16-6-8-18(9-7-16)20(25)21-19-5-3-4-17(11-19)13-24/h3-11,24H,12-13H2,1-2H3,(H,21,25). The zero-order valence-corrected chi connectivity index (χ0v) is 14.4. The number of benzene rings is 2. The minimum absolute atomic E-state index is 0.0509. The van der Waals surface area contributed by atoms with Crippen LogP contribution in [-0.4, -0.2) is 20.8 Å². The fraction of sp³-hybridized carbons (Fsp3) is 0.200. The summed E-state index contributed by atoms with van der Waals surface area (Å²) < 4.78 is 1.95. The third kappa shape index (κ3) is 4.14. The van der Waals surface area contributed by atoms with E-state index in [0.717, 1.165) is 22.5 Å². The summed E-state index contributed by atoms with van der Waals surface area (Å²) in [7, 11) is 0. The number of hydrogen-bond donors (Lipinski definition) is 2. The molecule has 128 valence electrons. The molecular weight excluding hydrogens is 314 g/mol. The van der Waals surface area contributed by atoms with Crippen molar-refractivity contribution in [1.82, 2.24) is 9.78 Å². The molecule has 0 aliphatic rings. The van der Waals surface area contributed by atoms with Crippen LogP contribution in [0.1, 0.15) is 32.9 Å². The van der Waals surface area contributed by atoms with E-state index in [-0.39, 0.29) is 12.5 Å². The molecule has 0 atom stereocenters. The normalized spacial score (nSPS) is 10.7. The largest absolute Gasteiger partial charge is 0.392 e. The lowest BCUT2D eigenvalue weighted by atomic mass is 10.1. The van der Waals surface area contributed by atoms with Gasteiger partial charge in [0.1, 0.15) is 0 Å². The maximum Gasteiger partial charge on any atom is 0.255 e. The van der Waals surface area contributed by atoms with Crippen LogP contribution >= 0.6 is 0 Å². The van der Waals surface area contributed by atoms with E-state index in [1.807, 2.05) is 54.9 Å². The molecule has 0 saturated heterocycles. The van der Waals surface area contributed by atoms with Crippen LogP contribution in [-0.2, 0) is 13.2 Å². The summed E-state index contributed by atoms with van der Waals surface area (Å²) in [4.78, 5) is 12.3. The highest BCUT2D eigenvalue weighted by Crippen LogP contribution is 2.14. The molecule has 3 aromatic rings. The van der Waals surface area contributed by atoms with E-state index < -0.39 is 0 Å². The SMILES string of the molecule is Cc1cc(C)n(Cc2ccc(C(=O)Nc3cccc(CO)c3)cc2)n1. The highest BCUT2D eigenvalue weighted by atomic mass is 16.3. The molecule has 1 amide bonds. The van der Waals surface area contributed by atoms with Crippen LogP contribution in [0.15, 0.2) is 54.6 Å². The Labute approximate surface area is 146 Å². The minimum atomic E-state index is -0.173. The summed E-state index contributed by atoms with van der Waals surface area (Å²) in [5, 5.41) is 16.5. The first-order chi connectivity index (χ1) is 12.0. The number of nitrogens with zero attached hydrogens (tertiary/aromatic N) is 2. The highest BCUT2D eigenvalue weighted by Gasteiger charge is 2.07. The van der Waals surface area contributed by atoms with Gasteiger partial charge in [0.2, 0.25) is 0 Å². The van der Waals surface area contributed by atoms with Crippen molar-refractivity contribution in [1.29, 1.82) is 0 Å². The van der Waals surface area contributed by atoms with Crippen molar-refractivity contribution in [2.75, 3.05) is 5.32 Å². The molecule has 1 aromatic heterocycles. The summed E-state index contributed by atoms with van der Waals surface area (Å²) >= 11 is 0. The zero-order chi connectivity index (χ0) is 17.8. The van der Waals surface area contributed by atoms with Gasteiger partial charge in [-0.2, -0.15) is 5.10 Å². The average Bonchev–Trinajstić information content (AvgIpc) is 2.93. The monoisotopic (exact) mass is 335 g/mol. The number of amides is 1. The van der Waals surface area contributed by atoms with Crippen LogP contribution in [0.2, 0.25) is 0 Å². The molecule has 0 aliphatic carbocycles. The summed E-state index contributed by atoms with van der Waals surface area (Å²) in [5.74, 6) is -0.173. The van der Waals surface area contributed by atoms with E-state index in [2.05, 4.69) is 10.4 Å². The number of hydrogen-bond acceptors (Lipinski definition) is 3. The van der Waals surface area contributed by atoms with E-state index in [1.165, 1.54) is 0 Å². The molecule has 0 unspecified atom stereocenters. The molecule has 0 aliphatic heterocycles. The summed E-state index contributed by atoms with van der Waals surface area (Å²) in [5.41, 5.74) is 5.22. The quantitative estimate of drug-likeness (QED) is 0.752. The maximum atomic E-state index is 12.3. The van der Waals surface area contributed by atoms with Crippen molar-refractivity contribution in [2.45, 2.75) is 27.0 Å². The molecule has 0 radical (unpaired) electrons. The average molecular weight is 335 g/mol. The Morgan fingerprint density at radius 2 is 1.84 bits per heavy atom. The maximum absolute atomic E-state index is 12.3. The molecular formula is C20H21N3O2. The molecule has 1 heterocycles. The number of anilines is 1. The third-order valence-corrected chi connectivity index (χ3v) is 4.02. The van der Waals surface area contributed by atoms with Gasteiger partial charge in [0.05, 0.1) is 18.8 Å². The molecule has 0 bridgehead atoms. The number of carbonyl (C=O) groups is 1. The molecule has 2 aromatic carbocycles. The van der Waals surface area contributed by atoms with Crippen molar-refractivity contribution in [2.24, 2.45) is 0 Å². The Morgan fingerprint density at radius 3 is 2.48 bits per heavy atom. The number of aliphatic hydroxyl groups excluding tert-OH is 1. The third-order valence-electron chi connectivity index (χ3n) is 4.02. The minimum Gasteiger partial charge on any atom is -0.392 e. The first kappa shape index (κ1) is 16.9. The van der Waals surface area contributed by atoms with Crippen molar-refractivity contribution in [3.8, 4) is 0 Å². The second-order valence-corrected chi connectivity index (χ2v) is 6.09.